The molecule has 6 nitrogen and oxygen atoms in total. The summed E-state index contributed by atoms with van der Waals surface area (Å²) >= 11 is 0. The van der Waals surface area contributed by atoms with Crippen LogP contribution >= 0.6 is 0 Å². The number of nitrogens with zero attached hydrogens (tertiary/aromatic N) is 5. The molecule has 1 aromatic carbocycles. The Hall–Kier alpha value is -3.75. The first-order chi connectivity index (χ1) is 14.4. The summed E-state index contributed by atoms with van der Waals surface area (Å²) < 4.78 is 41.5. The SMILES string of the molecule is Cn1ccc(-c2nc(NCc3ccc(-c4ccccn4)cc3)ncc2C(F)(F)F)n1. The number of aryl methyl sites for hydroxylation is 1. The summed E-state index contributed by atoms with van der Waals surface area (Å²) in [6, 6.07) is 14.9. The number of rotatable bonds is 5. The highest BCUT2D eigenvalue weighted by molar-refractivity contribution is 5.61. The Kier molecular flexibility index (Phi) is 5.18. The van der Waals surface area contributed by atoms with Crippen LogP contribution in [0, 0.1) is 0 Å². The highest BCUT2D eigenvalue weighted by atomic mass is 19.4. The van der Waals surface area contributed by atoms with Crippen molar-refractivity contribution in [2.45, 2.75) is 12.7 Å². The van der Waals surface area contributed by atoms with Crippen molar-refractivity contribution in [2.24, 2.45) is 7.05 Å². The molecule has 0 amide bonds. The van der Waals surface area contributed by atoms with Gasteiger partial charge < -0.3 is 5.32 Å². The lowest BCUT2D eigenvalue weighted by atomic mass is 10.1. The van der Waals surface area contributed by atoms with Crippen molar-refractivity contribution in [1.82, 2.24) is 24.7 Å². The largest absolute Gasteiger partial charge is 0.420 e. The zero-order valence-electron chi connectivity index (χ0n) is 15.9. The van der Waals surface area contributed by atoms with Gasteiger partial charge in [-0.2, -0.15) is 18.3 Å². The number of pyridine rings is 1. The highest BCUT2D eigenvalue weighted by Gasteiger charge is 2.36. The minimum absolute atomic E-state index is 0.0949. The van der Waals surface area contributed by atoms with E-state index in [4.69, 9.17) is 0 Å². The van der Waals surface area contributed by atoms with Crippen LogP contribution in [0.2, 0.25) is 0 Å². The van der Waals surface area contributed by atoms with Gasteiger partial charge in [0.1, 0.15) is 17.0 Å². The lowest BCUT2D eigenvalue weighted by molar-refractivity contribution is -0.137. The maximum Gasteiger partial charge on any atom is 0.420 e. The first-order valence-corrected chi connectivity index (χ1v) is 9.08. The summed E-state index contributed by atoms with van der Waals surface area (Å²) in [6.07, 6.45) is -0.504. The van der Waals surface area contributed by atoms with Gasteiger partial charge in [0.15, 0.2) is 0 Å². The van der Waals surface area contributed by atoms with E-state index in [1.54, 1.807) is 19.4 Å². The van der Waals surface area contributed by atoms with Gasteiger partial charge in [-0.1, -0.05) is 30.3 Å². The van der Waals surface area contributed by atoms with E-state index in [9.17, 15) is 13.2 Å². The Balaban J connectivity index is 1.54. The first-order valence-electron chi connectivity index (χ1n) is 9.08. The summed E-state index contributed by atoms with van der Waals surface area (Å²) in [4.78, 5) is 12.2. The van der Waals surface area contributed by atoms with Crippen LogP contribution < -0.4 is 5.32 Å². The van der Waals surface area contributed by atoms with E-state index in [1.165, 1.54) is 10.7 Å². The van der Waals surface area contributed by atoms with Gasteiger partial charge >= 0.3 is 6.18 Å². The molecule has 0 aliphatic heterocycles. The maximum absolute atomic E-state index is 13.4. The molecule has 3 aromatic heterocycles. The van der Waals surface area contributed by atoms with Gasteiger partial charge in [-0.15, -0.1) is 0 Å². The lowest BCUT2D eigenvalue weighted by Crippen LogP contribution is -2.12. The Bertz CT molecular complexity index is 1140. The Morgan fingerprint density at radius 3 is 2.40 bits per heavy atom. The van der Waals surface area contributed by atoms with E-state index in [2.05, 4.69) is 25.4 Å². The van der Waals surface area contributed by atoms with Crippen LogP contribution in [0.5, 0.6) is 0 Å². The van der Waals surface area contributed by atoms with Crippen molar-refractivity contribution in [2.75, 3.05) is 5.32 Å². The number of hydrogen-bond donors (Lipinski definition) is 1. The minimum atomic E-state index is -4.58. The van der Waals surface area contributed by atoms with Gasteiger partial charge in [0.05, 0.1) is 5.69 Å². The monoisotopic (exact) mass is 410 g/mol. The van der Waals surface area contributed by atoms with Crippen molar-refractivity contribution < 1.29 is 13.2 Å². The van der Waals surface area contributed by atoms with Gasteiger partial charge in [0.2, 0.25) is 5.95 Å². The van der Waals surface area contributed by atoms with Crippen LogP contribution in [0.3, 0.4) is 0 Å². The molecule has 0 bridgehead atoms. The summed E-state index contributed by atoms with van der Waals surface area (Å²) in [5.41, 5.74) is 1.72. The van der Waals surface area contributed by atoms with Gasteiger partial charge in [-0.3, -0.25) is 9.67 Å². The fourth-order valence-corrected chi connectivity index (χ4v) is 2.92. The number of benzene rings is 1. The normalized spacial score (nSPS) is 11.5. The molecular formula is C21H17F3N6. The molecule has 3 heterocycles. The summed E-state index contributed by atoms with van der Waals surface area (Å²) in [7, 11) is 1.63. The molecule has 0 saturated heterocycles. The number of aromatic nitrogens is 5. The van der Waals surface area contributed by atoms with Crippen LogP contribution in [-0.2, 0) is 19.8 Å². The lowest BCUT2D eigenvalue weighted by Gasteiger charge is -2.12. The molecule has 4 aromatic rings. The molecule has 152 valence electrons. The topological polar surface area (TPSA) is 68.5 Å². The Labute approximate surface area is 170 Å². The smallest absolute Gasteiger partial charge is 0.350 e. The predicted molar refractivity (Wildman–Crippen MR) is 106 cm³/mol. The van der Waals surface area contributed by atoms with Gasteiger partial charge in [-0.05, 0) is 23.8 Å². The summed E-state index contributed by atoms with van der Waals surface area (Å²) in [6.45, 7) is 0.357. The third-order valence-electron chi connectivity index (χ3n) is 4.42. The average Bonchev–Trinajstić information content (AvgIpc) is 3.19. The molecule has 0 fully saturated rings. The number of hydrogen-bond acceptors (Lipinski definition) is 5. The molecule has 0 radical (unpaired) electrons. The first kappa shape index (κ1) is 19.6. The average molecular weight is 410 g/mol. The zero-order valence-corrected chi connectivity index (χ0v) is 15.9. The van der Waals surface area contributed by atoms with E-state index in [0.717, 1.165) is 23.0 Å². The van der Waals surface area contributed by atoms with Gasteiger partial charge in [0.25, 0.3) is 0 Å². The fourth-order valence-electron chi connectivity index (χ4n) is 2.92. The molecule has 9 heteroatoms. The van der Waals surface area contributed by atoms with E-state index in [1.807, 2.05) is 42.5 Å². The van der Waals surface area contributed by atoms with Crippen molar-refractivity contribution in [3.05, 3.63) is 78.2 Å². The fraction of sp³-hybridized carbons (Fsp3) is 0.143. The minimum Gasteiger partial charge on any atom is -0.350 e. The van der Waals surface area contributed by atoms with Crippen molar-refractivity contribution in [1.29, 1.82) is 0 Å². The van der Waals surface area contributed by atoms with Gasteiger partial charge in [-0.25, -0.2) is 9.97 Å². The molecule has 0 spiro atoms. The number of nitrogens with one attached hydrogen (secondary N) is 1. The molecule has 30 heavy (non-hydrogen) atoms. The van der Waals surface area contributed by atoms with Crippen molar-refractivity contribution in [3.8, 4) is 22.6 Å². The Morgan fingerprint density at radius 2 is 1.77 bits per heavy atom. The molecule has 0 unspecified atom stereocenters. The highest BCUT2D eigenvalue weighted by Crippen LogP contribution is 2.35. The second-order valence-corrected chi connectivity index (χ2v) is 6.59. The summed E-state index contributed by atoms with van der Waals surface area (Å²) in [5, 5.41) is 7.02. The second kappa shape index (κ2) is 7.94. The van der Waals surface area contributed by atoms with E-state index in [-0.39, 0.29) is 17.3 Å². The maximum atomic E-state index is 13.4. The third-order valence-corrected chi connectivity index (χ3v) is 4.42. The van der Waals surface area contributed by atoms with E-state index >= 15 is 0 Å². The van der Waals surface area contributed by atoms with Crippen molar-refractivity contribution in [3.63, 3.8) is 0 Å². The van der Waals surface area contributed by atoms with Crippen LogP contribution in [0.25, 0.3) is 22.6 Å². The van der Waals surface area contributed by atoms with Crippen LogP contribution in [0.1, 0.15) is 11.1 Å². The van der Waals surface area contributed by atoms with E-state index in [0.29, 0.717) is 6.54 Å². The molecule has 0 saturated carbocycles. The molecule has 1 N–H and O–H groups in total. The molecule has 4 rings (SSSR count). The standard InChI is InChI=1S/C21H17F3N6/c1-30-11-9-18(29-30)19-16(21(22,23)24)13-27-20(28-19)26-12-14-5-7-15(8-6-14)17-4-2-3-10-25-17/h2-11,13H,12H2,1H3,(H,26,27,28). The molecular weight excluding hydrogens is 393 g/mol. The van der Waals surface area contributed by atoms with Crippen LogP contribution in [0.4, 0.5) is 19.1 Å². The van der Waals surface area contributed by atoms with Crippen LogP contribution in [-0.4, -0.2) is 24.7 Å². The Morgan fingerprint density at radius 1 is 0.967 bits per heavy atom. The summed E-state index contributed by atoms with van der Waals surface area (Å²) in [5.74, 6) is 0.0949. The zero-order chi connectivity index (χ0) is 21.1. The van der Waals surface area contributed by atoms with Crippen molar-refractivity contribution >= 4 is 5.95 Å². The molecule has 0 aliphatic carbocycles. The van der Waals surface area contributed by atoms with Crippen LogP contribution in [0.15, 0.2) is 67.1 Å². The van der Waals surface area contributed by atoms with E-state index < -0.39 is 11.7 Å². The second-order valence-electron chi connectivity index (χ2n) is 6.59. The predicted octanol–water partition coefficient (Wildman–Crippen LogP) is 4.57. The number of anilines is 1. The molecule has 0 aliphatic rings. The van der Waals surface area contributed by atoms with Gasteiger partial charge in [0, 0.05) is 37.7 Å². The quantitative estimate of drug-likeness (QED) is 0.522. The number of halogens is 3. The molecule has 0 atom stereocenters. The third kappa shape index (κ3) is 4.29. The number of alkyl halides is 3.